The topological polar surface area (TPSA) is 56.6 Å². The molecule has 0 saturated carbocycles. The maximum absolute atomic E-state index is 15.1. The monoisotopic (exact) mass is 473 g/mol. The average Bonchev–Trinajstić information content (AvgIpc) is 3.16. The molecule has 3 atom stereocenters. The van der Waals surface area contributed by atoms with Crippen molar-refractivity contribution >= 4 is 32.4 Å². The predicted molar refractivity (Wildman–Crippen MR) is 116 cm³/mol. The molecule has 2 amide bonds. The van der Waals surface area contributed by atoms with Crippen LogP contribution in [0, 0.1) is 29.6 Å². The van der Waals surface area contributed by atoms with Gasteiger partial charge in [0.1, 0.15) is 6.07 Å². The van der Waals surface area contributed by atoms with Gasteiger partial charge in [0.15, 0.2) is 9.04 Å². The molecule has 2 saturated heterocycles. The van der Waals surface area contributed by atoms with E-state index in [9.17, 15) is 10.1 Å². The summed E-state index contributed by atoms with van der Waals surface area (Å²) in [6, 6.07) is 2.71. The minimum absolute atomic E-state index is 0.0167. The molecule has 31 heavy (non-hydrogen) atoms. The number of urea groups is 1. The summed E-state index contributed by atoms with van der Waals surface area (Å²) in [6.45, 7) is 10.8. The number of hydrogen-bond donors (Lipinski definition) is 0. The van der Waals surface area contributed by atoms with E-state index < -0.39 is 44.3 Å². The quantitative estimate of drug-likeness (QED) is 0.548. The summed E-state index contributed by atoms with van der Waals surface area (Å²) in [5.74, 6) is -0.412. The summed E-state index contributed by atoms with van der Waals surface area (Å²) in [5, 5.41) is 9.27. The summed E-state index contributed by atoms with van der Waals surface area (Å²) in [4.78, 5) is 15.6. The third kappa shape index (κ3) is 3.53. The summed E-state index contributed by atoms with van der Waals surface area (Å²) >= 11 is 6.27. The van der Waals surface area contributed by atoms with Crippen molar-refractivity contribution in [1.29, 1.82) is 5.26 Å². The van der Waals surface area contributed by atoms with Crippen molar-refractivity contribution in [2.24, 2.45) is 11.3 Å². The van der Waals surface area contributed by atoms with Crippen LogP contribution in [0.4, 0.5) is 23.7 Å². The largest absolute Gasteiger partial charge is 0.438 e. The molecule has 2 aliphatic rings. The number of nitriles is 1. The van der Waals surface area contributed by atoms with E-state index >= 15 is 13.2 Å². The smallest absolute Gasteiger partial charge is 0.390 e. The van der Waals surface area contributed by atoms with Crippen molar-refractivity contribution in [1.82, 2.24) is 4.90 Å². The van der Waals surface area contributed by atoms with Gasteiger partial charge in [0.25, 0.3) is 5.72 Å². The maximum Gasteiger partial charge on any atom is 0.438 e. The molecule has 170 valence electrons. The highest BCUT2D eigenvalue weighted by Gasteiger charge is 2.76. The van der Waals surface area contributed by atoms with E-state index in [4.69, 9.17) is 16.0 Å². The van der Waals surface area contributed by atoms with Gasteiger partial charge in [0.05, 0.1) is 22.3 Å². The van der Waals surface area contributed by atoms with Gasteiger partial charge in [-0.05, 0) is 55.5 Å². The number of hydrogen-bond acceptors (Lipinski definition) is 3. The first-order valence-corrected chi connectivity index (χ1v) is 13.4. The summed E-state index contributed by atoms with van der Waals surface area (Å²) in [5.41, 5.74) is -2.89. The van der Waals surface area contributed by atoms with Crippen LogP contribution in [0.25, 0.3) is 0 Å². The Morgan fingerprint density at radius 2 is 1.90 bits per heavy atom. The zero-order valence-electron chi connectivity index (χ0n) is 18.5. The Kier molecular flexibility index (Phi) is 5.92. The first-order valence-electron chi connectivity index (χ1n) is 10.2. The van der Waals surface area contributed by atoms with Gasteiger partial charge in [0.2, 0.25) is 0 Å². The van der Waals surface area contributed by atoms with Gasteiger partial charge in [-0.1, -0.05) is 32.4 Å². The van der Waals surface area contributed by atoms with Gasteiger partial charge in [-0.15, -0.1) is 0 Å². The Bertz CT molecular complexity index is 942. The van der Waals surface area contributed by atoms with Crippen molar-refractivity contribution in [3.8, 4) is 6.07 Å². The fourth-order valence-electron chi connectivity index (χ4n) is 4.93. The molecular formula is C21H27ClF3N3O2Si. The number of benzene rings is 1. The first-order chi connectivity index (χ1) is 14.2. The van der Waals surface area contributed by atoms with Gasteiger partial charge in [-0.25, -0.2) is 4.79 Å². The second kappa shape index (κ2) is 7.68. The standard InChI is InChI=1S/C21H27ClF3N3O2Si/c1-12-15(8-7-13(11-26)16(12)22)28-18(29)27-10-9-14(19(2,3)4)17(27)20(28,21(23,24)25)30-31(5)6/h7-8,14,17,31H,9-10H2,1-6H3/t14-,17-,20+/m1/s1. The van der Waals surface area contributed by atoms with Crippen LogP contribution in [-0.4, -0.2) is 44.5 Å². The van der Waals surface area contributed by atoms with Crippen LogP contribution in [0.3, 0.4) is 0 Å². The fraction of sp³-hybridized carbons (Fsp3) is 0.619. The molecule has 2 heterocycles. The highest BCUT2D eigenvalue weighted by atomic mass is 35.5. The van der Waals surface area contributed by atoms with Crippen LogP contribution in [0.15, 0.2) is 12.1 Å². The number of carbonyl (C=O) groups excluding carboxylic acids is 1. The van der Waals surface area contributed by atoms with E-state index in [-0.39, 0.29) is 28.4 Å². The second-order valence-corrected chi connectivity index (χ2v) is 12.3. The van der Waals surface area contributed by atoms with Gasteiger partial charge in [-0.2, -0.15) is 18.4 Å². The van der Waals surface area contributed by atoms with Crippen LogP contribution in [-0.2, 0) is 4.43 Å². The Hall–Kier alpha value is -1.76. The number of fused-ring (bicyclic) bond motifs is 1. The summed E-state index contributed by atoms with van der Waals surface area (Å²) in [7, 11) is -2.28. The molecular weight excluding hydrogens is 447 g/mol. The Morgan fingerprint density at radius 3 is 2.39 bits per heavy atom. The Labute approximate surface area is 187 Å². The number of alkyl halides is 3. The van der Waals surface area contributed by atoms with E-state index in [0.717, 1.165) is 4.90 Å². The van der Waals surface area contributed by atoms with Crippen LogP contribution >= 0.6 is 11.6 Å². The number of amides is 2. The Morgan fingerprint density at radius 1 is 1.29 bits per heavy atom. The molecule has 0 radical (unpaired) electrons. The highest BCUT2D eigenvalue weighted by molar-refractivity contribution is 6.48. The number of nitrogens with zero attached hydrogens (tertiary/aromatic N) is 3. The molecule has 2 fully saturated rings. The fourth-order valence-corrected chi connectivity index (χ4v) is 6.23. The van der Waals surface area contributed by atoms with Crippen LogP contribution in [0.5, 0.6) is 0 Å². The van der Waals surface area contributed by atoms with Crippen molar-refractivity contribution < 1.29 is 22.4 Å². The maximum atomic E-state index is 15.1. The normalized spacial score (nSPS) is 26.6. The molecule has 0 unspecified atom stereocenters. The molecule has 2 aliphatic heterocycles. The van der Waals surface area contributed by atoms with Gasteiger partial charge in [-0.3, -0.25) is 4.90 Å². The van der Waals surface area contributed by atoms with E-state index in [1.54, 1.807) is 13.1 Å². The zero-order chi connectivity index (χ0) is 23.5. The SMILES string of the molecule is Cc1c(N2C(=O)N3CC[C@@H](C(C)(C)C)[C@@H]3[C@]2(O[SiH](C)C)C(F)(F)F)ccc(C#N)c1Cl. The third-order valence-corrected chi connectivity index (χ3v) is 7.54. The first kappa shape index (κ1) is 23.9. The van der Waals surface area contributed by atoms with Gasteiger partial charge < -0.3 is 9.33 Å². The molecule has 1 aromatic carbocycles. The van der Waals surface area contributed by atoms with E-state index in [1.807, 2.05) is 26.8 Å². The average molecular weight is 474 g/mol. The van der Waals surface area contributed by atoms with E-state index in [0.29, 0.717) is 6.42 Å². The molecule has 5 nitrogen and oxygen atoms in total. The highest BCUT2D eigenvalue weighted by Crippen LogP contribution is 2.56. The summed E-state index contributed by atoms with van der Waals surface area (Å²) in [6.07, 6.45) is -4.37. The van der Waals surface area contributed by atoms with Gasteiger partial charge in [0, 0.05) is 6.54 Å². The lowest BCUT2D eigenvalue weighted by Crippen LogP contribution is -2.67. The molecule has 0 aliphatic carbocycles. The molecule has 0 aromatic heterocycles. The molecule has 10 heteroatoms. The minimum Gasteiger partial charge on any atom is -0.390 e. The predicted octanol–water partition coefficient (Wildman–Crippen LogP) is 5.46. The molecule has 0 N–H and O–H groups in total. The van der Waals surface area contributed by atoms with Crippen LogP contribution < -0.4 is 4.90 Å². The zero-order valence-corrected chi connectivity index (χ0v) is 20.4. The van der Waals surface area contributed by atoms with Crippen molar-refractivity contribution in [2.75, 3.05) is 11.4 Å². The minimum atomic E-state index is -4.85. The molecule has 0 spiro atoms. The van der Waals surface area contributed by atoms with Crippen molar-refractivity contribution in [3.63, 3.8) is 0 Å². The third-order valence-electron chi connectivity index (χ3n) is 6.22. The van der Waals surface area contributed by atoms with Crippen LogP contribution in [0.2, 0.25) is 18.1 Å². The molecule has 1 aromatic rings. The lowest BCUT2D eigenvalue weighted by molar-refractivity contribution is -0.260. The number of carbonyl (C=O) groups is 1. The van der Waals surface area contributed by atoms with Crippen molar-refractivity contribution in [2.45, 2.75) is 65.2 Å². The van der Waals surface area contributed by atoms with E-state index in [2.05, 4.69) is 0 Å². The Balaban J connectivity index is 2.34. The van der Waals surface area contributed by atoms with E-state index in [1.165, 1.54) is 24.0 Å². The number of rotatable bonds is 3. The van der Waals surface area contributed by atoms with Crippen molar-refractivity contribution in [3.05, 3.63) is 28.3 Å². The number of anilines is 1. The lowest BCUT2D eigenvalue weighted by atomic mass is 9.73. The molecule has 3 rings (SSSR count). The summed E-state index contributed by atoms with van der Waals surface area (Å²) < 4.78 is 51.0. The second-order valence-electron chi connectivity index (χ2n) is 9.56. The van der Waals surface area contributed by atoms with Crippen LogP contribution in [0.1, 0.15) is 38.3 Å². The number of halogens is 4. The molecule has 0 bridgehead atoms. The lowest BCUT2D eigenvalue weighted by Gasteiger charge is -2.46. The van der Waals surface area contributed by atoms with Gasteiger partial charge >= 0.3 is 12.2 Å².